The zero-order valence-electron chi connectivity index (χ0n) is 25.2. The molecule has 0 amide bonds. The van der Waals surface area contributed by atoms with Crippen molar-refractivity contribution in [1.29, 1.82) is 0 Å². The van der Waals surface area contributed by atoms with Crippen molar-refractivity contribution in [3.63, 3.8) is 0 Å². The third kappa shape index (κ3) is 7.10. The van der Waals surface area contributed by atoms with E-state index < -0.39 is 29.5 Å². The van der Waals surface area contributed by atoms with Crippen molar-refractivity contribution in [2.75, 3.05) is 49.2 Å². The first kappa shape index (κ1) is 32.4. The Balaban J connectivity index is 1.17. The Hall–Kier alpha value is -3.02. The number of esters is 2. The standard InChI is InChI=1S/C33H41N2O7S2/c1-3-5-19-41-32(39)21-11-15-34(16-12-21)25-9-7-23(43-25)27-29(36)28(31(38)30(27)37)24-8-10-26(44-24)35-17-13-22(14-18-35)33(40)42-20-6-4-2/h3,7-10,21-22,27-29H,1,4-6,11-20H2,2H3/q-1. The highest BCUT2D eigenvalue weighted by Gasteiger charge is 2.46. The van der Waals surface area contributed by atoms with E-state index in [1.807, 2.05) is 12.1 Å². The largest absolute Gasteiger partial charge is 0.850 e. The van der Waals surface area contributed by atoms with Gasteiger partial charge in [-0.3, -0.25) is 19.2 Å². The van der Waals surface area contributed by atoms with E-state index in [2.05, 4.69) is 23.3 Å². The number of ether oxygens (including phenoxy) is 2. The molecule has 0 aromatic carbocycles. The summed E-state index contributed by atoms with van der Waals surface area (Å²) in [6, 6.07) is 7.43. The minimum absolute atomic E-state index is 0.102. The molecule has 11 heteroatoms. The molecule has 3 unspecified atom stereocenters. The van der Waals surface area contributed by atoms with Crippen molar-refractivity contribution in [3.05, 3.63) is 46.7 Å². The molecule has 2 aromatic rings. The number of thiophene rings is 2. The number of unbranched alkanes of at least 4 members (excludes halogenated alkanes) is 1. The van der Waals surface area contributed by atoms with Crippen LogP contribution in [0.25, 0.3) is 0 Å². The third-order valence-corrected chi connectivity index (χ3v) is 11.3. The lowest BCUT2D eigenvalue weighted by Gasteiger charge is -2.32. The number of hydrogen-bond donors (Lipinski definition) is 0. The lowest BCUT2D eigenvalue weighted by molar-refractivity contribution is -0.422. The molecule has 1 saturated carbocycles. The summed E-state index contributed by atoms with van der Waals surface area (Å²) in [6.07, 6.45) is 5.58. The average Bonchev–Trinajstić information content (AvgIpc) is 3.76. The number of carbonyl (C=O) groups is 4. The fourth-order valence-corrected chi connectivity index (χ4v) is 8.59. The van der Waals surface area contributed by atoms with E-state index >= 15 is 0 Å². The molecule has 238 valence electrons. The predicted molar refractivity (Wildman–Crippen MR) is 169 cm³/mol. The Morgan fingerprint density at radius 3 is 1.73 bits per heavy atom. The van der Waals surface area contributed by atoms with Gasteiger partial charge in [0.2, 0.25) is 11.6 Å². The molecular formula is C33H41N2O7S2-. The topological polar surface area (TPSA) is 116 Å². The summed E-state index contributed by atoms with van der Waals surface area (Å²) >= 11 is 2.78. The summed E-state index contributed by atoms with van der Waals surface area (Å²) in [5.41, 5.74) is 0. The minimum Gasteiger partial charge on any atom is -0.850 e. The van der Waals surface area contributed by atoms with E-state index in [1.54, 1.807) is 18.2 Å². The van der Waals surface area contributed by atoms with Crippen LogP contribution in [0.2, 0.25) is 0 Å². The number of Topliss-reactive ketones (excluding diaryl/α,β-unsaturated/α-hetero) is 2. The normalized spacial score (nSPS) is 23.3. The molecule has 4 heterocycles. The summed E-state index contributed by atoms with van der Waals surface area (Å²) in [5.74, 6) is -3.74. The van der Waals surface area contributed by atoms with Crippen molar-refractivity contribution in [2.45, 2.75) is 69.8 Å². The summed E-state index contributed by atoms with van der Waals surface area (Å²) in [4.78, 5) is 56.6. The second-order valence-electron chi connectivity index (χ2n) is 11.8. The zero-order chi connectivity index (χ0) is 31.2. The van der Waals surface area contributed by atoms with Crippen LogP contribution < -0.4 is 14.9 Å². The van der Waals surface area contributed by atoms with Crippen LogP contribution in [0.3, 0.4) is 0 Å². The van der Waals surface area contributed by atoms with Gasteiger partial charge in [0.05, 0.1) is 35.1 Å². The maximum Gasteiger partial charge on any atom is 0.309 e. The first-order valence-corrected chi connectivity index (χ1v) is 17.3. The van der Waals surface area contributed by atoms with E-state index in [4.69, 9.17) is 9.47 Å². The van der Waals surface area contributed by atoms with Gasteiger partial charge in [-0.1, -0.05) is 25.5 Å². The highest BCUT2D eigenvalue weighted by molar-refractivity contribution is 7.17. The van der Waals surface area contributed by atoms with E-state index in [9.17, 15) is 24.3 Å². The van der Waals surface area contributed by atoms with Crippen LogP contribution in [-0.4, -0.2) is 69.0 Å². The maximum atomic E-state index is 13.7. The fourth-order valence-electron chi connectivity index (χ4n) is 6.21. The van der Waals surface area contributed by atoms with Crippen LogP contribution in [0.4, 0.5) is 10.0 Å². The Morgan fingerprint density at radius 1 is 0.841 bits per heavy atom. The minimum atomic E-state index is -1.38. The van der Waals surface area contributed by atoms with Crippen LogP contribution in [0.1, 0.15) is 73.5 Å². The fraction of sp³-hybridized carbons (Fsp3) is 0.576. The first-order valence-electron chi connectivity index (χ1n) is 15.7. The molecule has 3 aliphatic rings. The molecule has 3 atom stereocenters. The van der Waals surface area contributed by atoms with E-state index in [1.165, 1.54) is 22.7 Å². The third-order valence-electron chi connectivity index (χ3n) is 8.89. The van der Waals surface area contributed by atoms with Gasteiger partial charge < -0.3 is 24.4 Å². The molecule has 44 heavy (non-hydrogen) atoms. The molecule has 3 fully saturated rings. The van der Waals surface area contributed by atoms with Crippen molar-refractivity contribution in [2.24, 2.45) is 11.8 Å². The highest BCUT2D eigenvalue weighted by atomic mass is 32.1. The van der Waals surface area contributed by atoms with E-state index in [-0.39, 0.29) is 23.8 Å². The van der Waals surface area contributed by atoms with Gasteiger partial charge >= 0.3 is 11.9 Å². The molecule has 1 aliphatic carbocycles. The summed E-state index contributed by atoms with van der Waals surface area (Å²) in [7, 11) is 0. The maximum absolute atomic E-state index is 13.7. The second-order valence-corrected chi connectivity index (χ2v) is 14.0. The van der Waals surface area contributed by atoms with Crippen LogP contribution in [0.15, 0.2) is 36.9 Å². The summed E-state index contributed by atoms with van der Waals surface area (Å²) < 4.78 is 10.7. The molecule has 5 rings (SSSR count). The molecule has 0 N–H and O–H groups in total. The van der Waals surface area contributed by atoms with Crippen LogP contribution >= 0.6 is 22.7 Å². The van der Waals surface area contributed by atoms with Crippen molar-refractivity contribution in [3.8, 4) is 0 Å². The number of nitrogens with zero attached hydrogens (tertiary/aromatic N) is 2. The smallest absolute Gasteiger partial charge is 0.309 e. The molecule has 0 bridgehead atoms. The number of rotatable bonds is 12. The van der Waals surface area contributed by atoms with Crippen LogP contribution in [-0.2, 0) is 28.7 Å². The molecule has 2 aliphatic heterocycles. The van der Waals surface area contributed by atoms with E-state index in [0.717, 1.165) is 22.8 Å². The number of anilines is 2. The zero-order valence-corrected chi connectivity index (χ0v) is 26.9. The molecule has 9 nitrogen and oxygen atoms in total. The number of hydrogen-bond acceptors (Lipinski definition) is 11. The average molecular weight is 642 g/mol. The van der Waals surface area contributed by atoms with Gasteiger partial charge in [-0.15, -0.1) is 29.3 Å². The van der Waals surface area contributed by atoms with Crippen molar-refractivity contribution >= 4 is 56.2 Å². The second kappa shape index (κ2) is 14.8. The van der Waals surface area contributed by atoms with Gasteiger partial charge in [-0.25, -0.2) is 0 Å². The summed E-state index contributed by atoms with van der Waals surface area (Å²) in [5, 5.41) is 15.5. The molecule has 2 aromatic heterocycles. The predicted octanol–water partition coefficient (Wildman–Crippen LogP) is 4.45. The number of carbonyl (C=O) groups excluding carboxylic acids is 4. The molecular weight excluding hydrogens is 601 g/mol. The SMILES string of the molecule is C=CCCOC(=O)C1CCN(c2ccc(C3C(=O)C(=O)C(c4ccc(N5CCC(C(=O)OCCCC)CC5)s4)C3[O-])s2)CC1. The lowest BCUT2D eigenvalue weighted by Crippen LogP contribution is -2.36. The van der Waals surface area contributed by atoms with Gasteiger partial charge in [0.25, 0.3) is 0 Å². The van der Waals surface area contributed by atoms with Gasteiger partial charge in [0.15, 0.2) is 0 Å². The number of ketones is 2. The van der Waals surface area contributed by atoms with Crippen LogP contribution in [0, 0.1) is 11.8 Å². The lowest BCUT2D eigenvalue weighted by atomic mass is 9.97. The Labute approximate surface area is 266 Å². The Kier molecular flexibility index (Phi) is 10.9. The Morgan fingerprint density at radius 2 is 1.30 bits per heavy atom. The van der Waals surface area contributed by atoms with Crippen LogP contribution in [0.5, 0.6) is 0 Å². The Bertz CT molecular complexity index is 1340. The molecule has 0 radical (unpaired) electrons. The first-order chi connectivity index (χ1) is 21.3. The van der Waals surface area contributed by atoms with Gasteiger partial charge in [-0.05, 0) is 62.8 Å². The summed E-state index contributed by atoms with van der Waals surface area (Å²) in [6.45, 7) is 9.27. The highest BCUT2D eigenvalue weighted by Crippen LogP contribution is 2.45. The number of piperidine rings is 2. The van der Waals surface area contributed by atoms with Gasteiger partial charge in [-0.2, -0.15) is 0 Å². The quantitative estimate of drug-likeness (QED) is 0.143. The van der Waals surface area contributed by atoms with Crippen molar-refractivity contribution < 1.29 is 33.8 Å². The van der Waals surface area contributed by atoms with Crippen molar-refractivity contribution in [1.82, 2.24) is 0 Å². The van der Waals surface area contributed by atoms with Gasteiger partial charge in [0.1, 0.15) is 0 Å². The van der Waals surface area contributed by atoms with Gasteiger partial charge in [0, 0.05) is 47.8 Å². The molecule has 0 spiro atoms. The van der Waals surface area contributed by atoms with E-state index in [0.29, 0.717) is 81.3 Å². The monoisotopic (exact) mass is 641 g/mol. The molecule has 2 saturated heterocycles.